The van der Waals surface area contributed by atoms with Gasteiger partial charge >= 0.3 is 11.9 Å². The third-order valence-corrected chi connectivity index (χ3v) is 3.50. The summed E-state index contributed by atoms with van der Waals surface area (Å²) >= 11 is 0. The highest BCUT2D eigenvalue weighted by Crippen LogP contribution is 2.39. The molecule has 1 aromatic carbocycles. The highest BCUT2D eigenvalue weighted by molar-refractivity contribution is 5.71. The summed E-state index contributed by atoms with van der Waals surface area (Å²) in [5.41, 5.74) is 1.98. The number of hydrogen-bond acceptors (Lipinski definition) is 5. The van der Waals surface area contributed by atoms with Crippen LogP contribution in [0.2, 0.25) is 0 Å². The van der Waals surface area contributed by atoms with E-state index in [-0.39, 0.29) is 12.1 Å². The second-order valence-corrected chi connectivity index (χ2v) is 5.14. The number of aryl methyl sites for hydroxylation is 1. The fourth-order valence-corrected chi connectivity index (χ4v) is 2.65. The third-order valence-electron chi connectivity index (χ3n) is 3.50. The number of benzene rings is 1. The lowest BCUT2D eigenvalue weighted by molar-refractivity contribution is -0.147. The van der Waals surface area contributed by atoms with Gasteiger partial charge in [-0.25, -0.2) is 0 Å². The van der Waals surface area contributed by atoms with Gasteiger partial charge in [0.25, 0.3) is 0 Å². The van der Waals surface area contributed by atoms with Gasteiger partial charge in [-0.1, -0.05) is 0 Å². The van der Waals surface area contributed by atoms with Crippen molar-refractivity contribution in [2.75, 3.05) is 7.11 Å². The summed E-state index contributed by atoms with van der Waals surface area (Å²) in [5.74, 6) is 0.166. The number of rotatable bonds is 3. The number of carbonyl (C=O) groups excluding carboxylic acids is 2. The number of ether oxygens (including phenoxy) is 3. The zero-order valence-electron chi connectivity index (χ0n) is 12.6. The maximum Gasteiger partial charge on any atom is 0.308 e. The summed E-state index contributed by atoms with van der Waals surface area (Å²) in [6.07, 6.45) is 3.39. The van der Waals surface area contributed by atoms with Gasteiger partial charge in [0.2, 0.25) is 0 Å². The first kappa shape index (κ1) is 15.4. The van der Waals surface area contributed by atoms with E-state index in [9.17, 15) is 9.59 Å². The van der Waals surface area contributed by atoms with E-state index in [0.29, 0.717) is 11.5 Å². The molecule has 0 bridgehead atoms. The Labute approximate surface area is 124 Å². The molecule has 21 heavy (non-hydrogen) atoms. The van der Waals surface area contributed by atoms with E-state index in [4.69, 9.17) is 14.2 Å². The second-order valence-electron chi connectivity index (χ2n) is 5.14. The van der Waals surface area contributed by atoms with Crippen LogP contribution < -0.4 is 9.47 Å². The van der Waals surface area contributed by atoms with Gasteiger partial charge in [0.05, 0.1) is 7.11 Å². The standard InChI is InChI=1S/C16H20O5/c1-10(17)20-14-7-5-4-6-12-8-15(19-3)16(9-13(12)14)21-11(2)18/h8-9,14H,4-7H2,1-3H3/t14-/m0/s1. The van der Waals surface area contributed by atoms with Crippen molar-refractivity contribution in [3.05, 3.63) is 23.3 Å². The minimum absolute atomic E-state index is 0.291. The lowest BCUT2D eigenvalue weighted by atomic mass is 10.00. The Balaban J connectivity index is 2.45. The average molecular weight is 292 g/mol. The zero-order valence-corrected chi connectivity index (χ0v) is 12.6. The van der Waals surface area contributed by atoms with Crippen molar-refractivity contribution < 1.29 is 23.8 Å². The minimum atomic E-state index is -0.411. The SMILES string of the molecule is COc1cc2c(cc1OC(C)=O)[C@@H](OC(C)=O)CCCC2. The van der Waals surface area contributed by atoms with Crippen molar-refractivity contribution in [2.45, 2.75) is 45.6 Å². The van der Waals surface area contributed by atoms with Crippen molar-refractivity contribution in [3.8, 4) is 11.5 Å². The normalized spacial score (nSPS) is 17.4. The maximum atomic E-state index is 11.3. The summed E-state index contributed by atoms with van der Waals surface area (Å²) in [5, 5.41) is 0. The molecular formula is C16H20O5. The maximum absolute atomic E-state index is 11.3. The molecule has 0 heterocycles. The molecule has 2 rings (SSSR count). The molecule has 0 saturated carbocycles. The molecular weight excluding hydrogens is 272 g/mol. The number of hydrogen-bond donors (Lipinski definition) is 0. The Kier molecular flexibility index (Phi) is 4.83. The Morgan fingerprint density at radius 3 is 2.48 bits per heavy atom. The van der Waals surface area contributed by atoms with Crippen molar-refractivity contribution >= 4 is 11.9 Å². The Morgan fingerprint density at radius 2 is 1.86 bits per heavy atom. The molecule has 1 aliphatic rings. The fourth-order valence-electron chi connectivity index (χ4n) is 2.65. The topological polar surface area (TPSA) is 61.8 Å². The Bertz CT molecular complexity index is 550. The van der Waals surface area contributed by atoms with Crippen LogP contribution in [-0.2, 0) is 20.7 Å². The molecule has 1 aliphatic carbocycles. The zero-order chi connectivity index (χ0) is 15.4. The van der Waals surface area contributed by atoms with Gasteiger partial charge in [0, 0.05) is 13.8 Å². The second kappa shape index (κ2) is 6.61. The molecule has 0 spiro atoms. The van der Waals surface area contributed by atoms with E-state index in [2.05, 4.69) is 0 Å². The van der Waals surface area contributed by atoms with Crippen LogP contribution in [0.4, 0.5) is 0 Å². The largest absolute Gasteiger partial charge is 0.493 e. The van der Waals surface area contributed by atoms with E-state index in [1.54, 1.807) is 6.07 Å². The molecule has 0 N–H and O–H groups in total. The first-order valence-corrected chi connectivity index (χ1v) is 7.07. The molecule has 0 fully saturated rings. The highest BCUT2D eigenvalue weighted by atomic mass is 16.6. The third kappa shape index (κ3) is 3.74. The predicted octanol–water partition coefficient (Wildman–Crippen LogP) is 2.95. The molecule has 0 amide bonds. The van der Waals surface area contributed by atoms with Gasteiger partial charge in [0.15, 0.2) is 11.5 Å². The van der Waals surface area contributed by atoms with Crippen molar-refractivity contribution in [2.24, 2.45) is 0 Å². The fraction of sp³-hybridized carbons (Fsp3) is 0.500. The van der Waals surface area contributed by atoms with Crippen LogP contribution in [0.1, 0.15) is 50.3 Å². The van der Waals surface area contributed by atoms with Crippen LogP contribution in [-0.4, -0.2) is 19.0 Å². The van der Waals surface area contributed by atoms with Crippen molar-refractivity contribution in [1.82, 2.24) is 0 Å². The molecule has 0 radical (unpaired) electrons. The smallest absolute Gasteiger partial charge is 0.308 e. The molecule has 1 atom stereocenters. The molecule has 1 aromatic rings. The van der Waals surface area contributed by atoms with Gasteiger partial charge in [-0.3, -0.25) is 9.59 Å². The van der Waals surface area contributed by atoms with Crippen molar-refractivity contribution in [1.29, 1.82) is 0 Å². The summed E-state index contributed by atoms with van der Waals surface area (Å²) in [7, 11) is 1.54. The predicted molar refractivity (Wildman–Crippen MR) is 76.4 cm³/mol. The molecule has 114 valence electrons. The number of methoxy groups -OCH3 is 1. The average Bonchev–Trinajstić information content (AvgIpc) is 2.59. The van der Waals surface area contributed by atoms with Crippen LogP contribution in [0.3, 0.4) is 0 Å². The van der Waals surface area contributed by atoms with Crippen molar-refractivity contribution in [3.63, 3.8) is 0 Å². The van der Waals surface area contributed by atoms with Gasteiger partial charge in [0.1, 0.15) is 6.10 Å². The molecule has 0 unspecified atom stereocenters. The van der Waals surface area contributed by atoms with Gasteiger partial charge in [-0.2, -0.15) is 0 Å². The lowest BCUT2D eigenvalue weighted by Crippen LogP contribution is -2.11. The lowest BCUT2D eigenvalue weighted by Gasteiger charge is -2.19. The monoisotopic (exact) mass is 292 g/mol. The van der Waals surface area contributed by atoms with Crippen LogP contribution >= 0.6 is 0 Å². The van der Waals surface area contributed by atoms with Crippen LogP contribution in [0.5, 0.6) is 11.5 Å². The van der Waals surface area contributed by atoms with Gasteiger partial charge in [-0.15, -0.1) is 0 Å². The Morgan fingerprint density at radius 1 is 1.10 bits per heavy atom. The van der Waals surface area contributed by atoms with E-state index in [0.717, 1.165) is 36.8 Å². The molecule has 0 aliphatic heterocycles. The molecule has 0 aromatic heterocycles. The Hall–Kier alpha value is -2.04. The minimum Gasteiger partial charge on any atom is -0.493 e. The number of fused-ring (bicyclic) bond motifs is 1. The summed E-state index contributed by atoms with van der Waals surface area (Å²) in [6, 6.07) is 3.63. The van der Waals surface area contributed by atoms with Gasteiger partial charge < -0.3 is 14.2 Å². The van der Waals surface area contributed by atoms with E-state index in [1.165, 1.54) is 21.0 Å². The quantitative estimate of drug-likeness (QED) is 0.487. The van der Waals surface area contributed by atoms with Gasteiger partial charge in [-0.05, 0) is 48.9 Å². The van der Waals surface area contributed by atoms with Crippen LogP contribution in [0.15, 0.2) is 12.1 Å². The first-order chi connectivity index (χ1) is 10.0. The summed E-state index contributed by atoms with van der Waals surface area (Å²) in [6.45, 7) is 2.75. The molecule has 0 saturated heterocycles. The summed E-state index contributed by atoms with van der Waals surface area (Å²) in [4.78, 5) is 22.5. The van der Waals surface area contributed by atoms with Crippen LogP contribution in [0, 0.1) is 0 Å². The van der Waals surface area contributed by atoms with E-state index >= 15 is 0 Å². The summed E-state index contributed by atoms with van der Waals surface area (Å²) < 4.78 is 15.9. The molecule has 5 heteroatoms. The van der Waals surface area contributed by atoms with Crippen LogP contribution in [0.25, 0.3) is 0 Å². The van der Waals surface area contributed by atoms with E-state index < -0.39 is 5.97 Å². The number of carbonyl (C=O) groups is 2. The number of esters is 2. The first-order valence-electron chi connectivity index (χ1n) is 7.07. The highest BCUT2D eigenvalue weighted by Gasteiger charge is 2.24. The molecule has 5 nitrogen and oxygen atoms in total. The van der Waals surface area contributed by atoms with E-state index in [1.807, 2.05) is 6.07 Å².